The molecule has 0 saturated carbocycles. The number of aromatic nitrogens is 1. The van der Waals surface area contributed by atoms with Crippen LogP contribution >= 0.6 is 0 Å². The first kappa shape index (κ1) is 13.2. The first-order chi connectivity index (χ1) is 7.38. The lowest BCUT2D eigenvalue weighted by atomic mass is 9.98. The van der Waals surface area contributed by atoms with Gasteiger partial charge in [0, 0.05) is 17.9 Å². The maximum Gasteiger partial charge on any atom is 0.0302 e. The predicted octanol–water partition coefficient (Wildman–Crippen LogP) is 3.27. The number of pyridine rings is 1. The van der Waals surface area contributed by atoms with E-state index in [-0.39, 0.29) is 5.54 Å². The quantitative estimate of drug-likeness (QED) is 0.842. The van der Waals surface area contributed by atoms with Crippen LogP contribution in [-0.2, 0) is 0 Å². The maximum absolute atomic E-state index is 4.24. The number of aryl methyl sites for hydroxylation is 1. The molecular weight excluding hydrogens is 196 g/mol. The molecule has 1 unspecified atom stereocenters. The van der Waals surface area contributed by atoms with Crippen molar-refractivity contribution in [2.24, 2.45) is 0 Å². The number of nitrogens with zero attached hydrogens (tertiary/aromatic N) is 1. The van der Waals surface area contributed by atoms with Crippen molar-refractivity contribution in [2.75, 3.05) is 6.54 Å². The first-order valence-corrected chi connectivity index (χ1v) is 6.05. The normalized spacial score (nSPS) is 13.8. The minimum absolute atomic E-state index is 0.213. The summed E-state index contributed by atoms with van der Waals surface area (Å²) in [4.78, 5) is 4.24. The Bertz CT molecular complexity index is 326. The summed E-state index contributed by atoms with van der Waals surface area (Å²) in [7, 11) is 0. The molecule has 2 nitrogen and oxygen atoms in total. The van der Waals surface area contributed by atoms with E-state index in [1.54, 1.807) is 0 Å². The van der Waals surface area contributed by atoms with Crippen LogP contribution in [0.5, 0.6) is 0 Å². The van der Waals surface area contributed by atoms with Crippen molar-refractivity contribution in [2.45, 2.75) is 52.5 Å². The third-order valence-electron chi connectivity index (χ3n) is 2.70. The molecule has 1 heterocycles. The fourth-order valence-corrected chi connectivity index (χ4v) is 1.68. The standard InChI is InChI=1S/C14H24N2/c1-11-8-13(10-15-9-11)12(2)6-7-16-14(3,4)5/h8-10,12,16H,6-7H2,1-5H3. The van der Waals surface area contributed by atoms with Crippen molar-refractivity contribution >= 4 is 0 Å². The minimum atomic E-state index is 0.213. The summed E-state index contributed by atoms with van der Waals surface area (Å²) < 4.78 is 0. The van der Waals surface area contributed by atoms with Crippen molar-refractivity contribution in [3.8, 4) is 0 Å². The molecular formula is C14H24N2. The van der Waals surface area contributed by atoms with Gasteiger partial charge in [0.05, 0.1) is 0 Å². The second-order valence-corrected chi connectivity index (χ2v) is 5.66. The molecule has 16 heavy (non-hydrogen) atoms. The average Bonchev–Trinajstić information content (AvgIpc) is 2.15. The first-order valence-electron chi connectivity index (χ1n) is 6.05. The highest BCUT2D eigenvalue weighted by Crippen LogP contribution is 2.18. The zero-order valence-electron chi connectivity index (χ0n) is 11.2. The van der Waals surface area contributed by atoms with Gasteiger partial charge in [0.25, 0.3) is 0 Å². The Labute approximate surface area is 99.5 Å². The van der Waals surface area contributed by atoms with Crippen LogP contribution in [0.1, 0.15) is 51.2 Å². The van der Waals surface area contributed by atoms with Gasteiger partial charge in [-0.05, 0) is 57.7 Å². The topological polar surface area (TPSA) is 24.9 Å². The summed E-state index contributed by atoms with van der Waals surface area (Å²) in [6.07, 6.45) is 5.04. The van der Waals surface area contributed by atoms with Crippen LogP contribution in [0.2, 0.25) is 0 Å². The van der Waals surface area contributed by atoms with Crippen molar-refractivity contribution in [3.05, 3.63) is 29.6 Å². The smallest absolute Gasteiger partial charge is 0.0302 e. The molecule has 2 heteroatoms. The molecule has 0 spiro atoms. The second kappa shape index (κ2) is 5.44. The van der Waals surface area contributed by atoms with E-state index in [0.29, 0.717) is 5.92 Å². The van der Waals surface area contributed by atoms with Crippen molar-refractivity contribution in [1.82, 2.24) is 10.3 Å². The molecule has 0 saturated heterocycles. The number of nitrogens with one attached hydrogen (secondary N) is 1. The van der Waals surface area contributed by atoms with Crippen LogP contribution in [-0.4, -0.2) is 17.1 Å². The molecule has 1 aromatic heterocycles. The average molecular weight is 220 g/mol. The lowest BCUT2D eigenvalue weighted by Crippen LogP contribution is -2.36. The van der Waals surface area contributed by atoms with Crippen LogP contribution in [0.15, 0.2) is 18.5 Å². The fraction of sp³-hybridized carbons (Fsp3) is 0.643. The van der Waals surface area contributed by atoms with E-state index in [9.17, 15) is 0 Å². The Hall–Kier alpha value is -0.890. The van der Waals surface area contributed by atoms with Crippen molar-refractivity contribution in [1.29, 1.82) is 0 Å². The third kappa shape index (κ3) is 4.75. The minimum Gasteiger partial charge on any atom is -0.312 e. The molecule has 0 aliphatic heterocycles. The molecule has 0 amide bonds. The number of hydrogen-bond acceptors (Lipinski definition) is 2. The molecule has 0 aliphatic carbocycles. The van der Waals surface area contributed by atoms with Gasteiger partial charge in [-0.25, -0.2) is 0 Å². The molecule has 0 aromatic carbocycles. The van der Waals surface area contributed by atoms with E-state index in [1.165, 1.54) is 11.1 Å². The second-order valence-electron chi connectivity index (χ2n) is 5.66. The summed E-state index contributed by atoms with van der Waals surface area (Å²) >= 11 is 0. The zero-order chi connectivity index (χ0) is 12.2. The zero-order valence-corrected chi connectivity index (χ0v) is 11.2. The molecule has 1 atom stereocenters. The monoisotopic (exact) mass is 220 g/mol. The highest BCUT2D eigenvalue weighted by atomic mass is 14.9. The summed E-state index contributed by atoms with van der Waals surface area (Å²) in [6, 6.07) is 2.23. The fourth-order valence-electron chi connectivity index (χ4n) is 1.68. The van der Waals surface area contributed by atoms with Gasteiger partial charge in [0.1, 0.15) is 0 Å². The lowest BCUT2D eigenvalue weighted by Gasteiger charge is -2.22. The molecule has 0 radical (unpaired) electrons. The number of hydrogen-bond donors (Lipinski definition) is 1. The van der Waals surface area contributed by atoms with Crippen LogP contribution in [0.4, 0.5) is 0 Å². The van der Waals surface area contributed by atoms with Gasteiger partial charge in [-0.15, -0.1) is 0 Å². The molecule has 0 bridgehead atoms. The highest BCUT2D eigenvalue weighted by molar-refractivity contribution is 5.19. The summed E-state index contributed by atoms with van der Waals surface area (Å²) in [5, 5.41) is 3.52. The Kier molecular flexibility index (Phi) is 4.48. The van der Waals surface area contributed by atoms with Gasteiger partial charge in [-0.2, -0.15) is 0 Å². The molecule has 0 aliphatic rings. The van der Waals surface area contributed by atoms with E-state index in [1.807, 2.05) is 12.4 Å². The Morgan fingerprint density at radius 2 is 2.00 bits per heavy atom. The molecule has 0 fully saturated rings. The van der Waals surface area contributed by atoms with E-state index in [2.05, 4.69) is 51.0 Å². The van der Waals surface area contributed by atoms with Crippen LogP contribution in [0.3, 0.4) is 0 Å². The largest absolute Gasteiger partial charge is 0.312 e. The van der Waals surface area contributed by atoms with Crippen LogP contribution < -0.4 is 5.32 Å². The van der Waals surface area contributed by atoms with Gasteiger partial charge in [0.15, 0.2) is 0 Å². The summed E-state index contributed by atoms with van der Waals surface area (Å²) in [6.45, 7) is 12.0. The Balaban J connectivity index is 2.44. The van der Waals surface area contributed by atoms with Gasteiger partial charge < -0.3 is 5.32 Å². The van der Waals surface area contributed by atoms with Crippen molar-refractivity contribution < 1.29 is 0 Å². The van der Waals surface area contributed by atoms with E-state index in [4.69, 9.17) is 0 Å². The summed E-state index contributed by atoms with van der Waals surface area (Å²) in [5.41, 5.74) is 2.80. The van der Waals surface area contributed by atoms with Gasteiger partial charge in [-0.3, -0.25) is 4.98 Å². The van der Waals surface area contributed by atoms with E-state index < -0.39 is 0 Å². The Morgan fingerprint density at radius 1 is 1.31 bits per heavy atom. The SMILES string of the molecule is Cc1cncc(C(C)CCNC(C)(C)C)c1. The Morgan fingerprint density at radius 3 is 2.56 bits per heavy atom. The van der Waals surface area contributed by atoms with Crippen LogP contribution in [0.25, 0.3) is 0 Å². The lowest BCUT2D eigenvalue weighted by molar-refractivity contribution is 0.413. The van der Waals surface area contributed by atoms with Gasteiger partial charge >= 0.3 is 0 Å². The molecule has 90 valence electrons. The molecule has 1 N–H and O–H groups in total. The summed E-state index contributed by atoms with van der Waals surface area (Å²) in [5.74, 6) is 0.572. The predicted molar refractivity (Wildman–Crippen MR) is 69.8 cm³/mol. The maximum atomic E-state index is 4.24. The van der Waals surface area contributed by atoms with Crippen molar-refractivity contribution in [3.63, 3.8) is 0 Å². The molecule has 1 aromatic rings. The van der Waals surface area contributed by atoms with Crippen LogP contribution in [0, 0.1) is 6.92 Å². The number of rotatable bonds is 4. The highest BCUT2D eigenvalue weighted by Gasteiger charge is 2.10. The van der Waals surface area contributed by atoms with E-state index in [0.717, 1.165) is 13.0 Å². The van der Waals surface area contributed by atoms with E-state index >= 15 is 0 Å². The van der Waals surface area contributed by atoms with Gasteiger partial charge in [0.2, 0.25) is 0 Å². The molecule has 1 rings (SSSR count). The third-order valence-corrected chi connectivity index (χ3v) is 2.70. The van der Waals surface area contributed by atoms with Gasteiger partial charge in [-0.1, -0.05) is 13.0 Å².